The number of rotatable bonds is 4. The van der Waals surface area contributed by atoms with Gasteiger partial charge in [0.25, 0.3) is 0 Å². The molecule has 2 atom stereocenters. The lowest BCUT2D eigenvalue weighted by Crippen LogP contribution is -2.32. The molecule has 1 saturated heterocycles. The van der Waals surface area contributed by atoms with Crippen LogP contribution < -0.4 is 5.32 Å². The quantitative estimate of drug-likeness (QED) is 0.924. The van der Waals surface area contributed by atoms with Gasteiger partial charge in [0.1, 0.15) is 5.82 Å². The van der Waals surface area contributed by atoms with E-state index in [9.17, 15) is 9.18 Å². The molecule has 3 nitrogen and oxygen atoms in total. The summed E-state index contributed by atoms with van der Waals surface area (Å²) < 4.78 is 19.5. The number of Topliss-reactive ketones (excluding diaryl/α,β-unsaturated/α-hetero) is 1. The Morgan fingerprint density at radius 1 is 1.61 bits per heavy atom. The number of halogens is 2. The van der Waals surface area contributed by atoms with Crippen molar-refractivity contribution in [3.05, 3.63) is 34.1 Å². The van der Waals surface area contributed by atoms with E-state index in [-0.39, 0.29) is 30.2 Å². The van der Waals surface area contributed by atoms with Gasteiger partial charge in [-0.3, -0.25) is 4.79 Å². The predicted molar refractivity (Wildman–Crippen MR) is 70.0 cm³/mol. The maximum absolute atomic E-state index is 13.6. The largest absolute Gasteiger partial charge is 0.380 e. The van der Waals surface area contributed by atoms with Crippen LogP contribution in [0.4, 0.5) is 4.39 Å². The Hall–Kier alpha value is -0.780. The highest BCUT2D eigenvalue weighted by Gasteiger charge is 2.29. The zero-order chi connectivity index (χ0) is 13.1. The molecule has 1 fully saturated rings. The summed E-state index contributed by atoms with van der Waals surface area (Å²) >= 11 is 3.19. The highest BCUT2D eigenvalue weighted by molar-refractivity contribution is 9.10. The van der Waals surface area contributed by atoms with Crippen molar-refractivity contribution in [1.82, 2.24) is 5.32 Å². The molecule has 0 amide bonds. The molecular weight excluding hydrogens is 301 g/mol. The van der Waals surface area contributed by atoms with Crippen LogP contribution in [0.3, 0.4) is 0 Å². The van der Waals surface area contributed by atoms with Gasteiger partial charge in [-0.15, -0.1) is 0 Å². The van der Waals surface area contributed by atoms with Crippen LogP contribution in [0.1, 0.15) is 12.0 Å². The van der Waals surface area contributed by atoms with Crippen LogP contribution in [-0.4, -0.2) is 31.6 Å². The molecular formula is C13H15BrFNO2. The second kappa shape index (κ2) is 5.91. The standard InChI is InChI=1S/C13H15BrFNO2/c1-18-10-6-12(16-7-10)13(17)4-8-2-3-9(14)5-11(8)15/h2-3,5,10,12,16H,4,6-7H2,1H3. The molecule has 0 aromatic heterocycles. The van der Waals surface area contributed by atoms with E-state index in [1.165, 1.54) is 6.07 Å². The van der Waals surface area contributed by atoms with Gasteiger partial charge in [0.05, 0.1) is 12.1 Å². The number of benzene rings is 1. The Morgan fingerprint density at radius 2 is 2.39 bits per heavy atom. The summed E-state index contributed by atoms with van der Waals surface area (Å²) in [5, 5.41) is 3.10. The summed E-state index contributed by atoms with van der Waals surface area (Å²) in [7, 11) is 1.63. The van der Waals surface area contributed by atoms with Crippen LogP contribution in [0.15, 0.2) is 22.7 Å². The molecule has 98 valence electrons. The van der Waals surface area contributed by atoms with Gasteiger partial charge in [-0.1, -0.05) is 22.0 Å². The Morgan fingerprint density at radius 3 is 3.00 bits per heavy atom. The second-order valence-electron chi connectivity index (χ2n) is 4.43. The summed E-state index contributed by atoms with van der Waals surface area (Å²) in [5.41, 5.74) is 0.436. The number of hydrogen-bond donors (Lipinski definition) is 1. The molecule has 0 aliphatic carbocycles. The lowest BCUT2D eigenvalue weighted by atomic mass is 10.0. The fourth-order valence-electron chi connectivity index (χ4n) is 2.10. The van der Waals surface area contributed by atoms with Crippen LogP contribution >= 0.6 is 15.9 Å². The summed E-state index contributed by atoms with van der Waals surface area (Å²) in [4.78, 5) is 12.0. The third-order valence-corrected chi connectivity index (χ3v) is 3.69. The number of ether oxygens (including phenoxy) is 1. The maximum atomic E-state index is 13.6. The monoisotopic (exact) mass is 315 g/mol. The molecule has 1 aliphatic rings. The molecule has 5 heteroatoms. The molecule has 1 aromatic carbocycles. The smallest absolute Gasteiger partial charge is 0.154 e. The SMILES string of the molecule is COC1CNC(C(=O)Cc2ccc(Br)cc2F)C1. The number of carbonyl (C=O) groups excluding carboxylic acids is 1. The van der Waals surface area contributed by atoms with Crippen LogP contribution in [0.25, 0.3) is 0 Å². The molecule has 0 radical (unpaired) electrons. The van der Waals surface area contributed by atoms with Crippen molar-refractivity contribution in [1.29, 1.82) is 0 Å². The first-order valence-corrected chi connectivity index (χ1v) is 6.62. The number of ketones is 1. The van der Waals surface area contributed by atoms with E-state index in [1.807, 2.05) is 0 Å². The zero-order valence-corrected chi connectivity index (χ0v) is 11.7. The van der Waals surface area contributed by atoms with Crippen LogP contribution in [-0.2, 0) is 16.0 Å². The average Bonchev–Trinajstić information content (AvgIpc) is 2.81. The van der Waals surface area contributed by atoms with Crippen molar-refractivity contribution in [2.75, 3.05) is 13.7 Å². The summed E-state index contributed by atoms with van der Waals surface area (Å²) in [6.07, 6.45) is 0.856. The average molecular weight is 316 g/mol. The first kappa shape index (κ1) is 13.6. The molecule has 1 aromatic rings. The van der Waals surface area contributed by atoms with Gasteiger partial charge in [-0.2, -0.15) is 0 Å². The van der Waals surface area contributed by atoms with Gasteiger partial charge in [-0.25, -0.2) is 4.39 Å². The highest BCUT2D eigenvalue weighted by atomic mass is 79.9. The van der Waals surface area contributed by atoms with Crippen molar-refractivity contribution in [2.24, 2.45) is 0 Å². The topological polar surface area (TPSA) is 38.3 Å². The summed E-state index contributed by atoms with van der Waals surface area (Å²) in [6.45, 7) is 0.676. The van der Waals surface area contributed by atoms with Crippen LogP contribution in [0, 0.1) is 5.82 Å². The predicted octanol–water partition coefficient (Wildman–Crippen LogP) is 2.08. The Kier molecular flexibility index (Phi) is 4.48. The van der Waals surface area contributed by atoms with Gasteiger partial charge in [0.15, 0.2) is 5.78 Å². The summed E-state index contributed by atoms with van der Waals surface area (Å²) in [6, 6.07) is 4.53. The molecule has 1 N–H and O–H groups in total. The first-order valence-electron chi connectivity index (χ1n) is 5.83. The Bertz CT molecular complexity index is 453. The third kappa shape index (κ3) is 3.16. The second-order valence-corrected chi connectivity index (χ2v) is 5.35. The van der Waals surface area contributed by atoms with Gasteiger partial charge < -0.3 is 10.1 Å². The maximum Gasteiger partial charge on any atom is 0.154 e. The number of hydrogen-bond acceptors (Lipinski definition) is 3. The molecule has 0 spiro atoms. The lowest BCUT2D eigenvalue weighted by Gasteiger charge is -2.10. The van der Waals surface area contributed by atoms with E-state index in [2.05, 4.69) is 21.2 Å². The van der Waals surface area contributed by atoms with E-state index in [1.54, 1.807) is 19.2 Å². The highest BCUT2D eigenvalue weighted by Crippen LogP contribution is 2.18. The van der Waals surface area contributed by atoms with Crippen LogP contribution in [0.5, 0.6) is 0 Å². The molecule has 2 unspecified atom stereocenters. The Balaban J connectivity index is 1.99. The van der Waals surface area contributed by atoms with Gasteiger partial charge in [-0.05, 0) is 24.1 Å². The molecule has 1 heterocycles. The molecule has 0 saturated carbocycles. The fraction of sp³-hybridized carbons (Fsp3) is 0.462. The fourth-order valence-corrected chi connectivity index (χ4v) is 2.44. The normalized spacial score (nSPS) is 23.3. The van der Waals surface area contributed by atoms with Gasteiger partial charge in [0.2, 0.25) is 0 Å². The van der Waals surface area contributed by atoms with Crippen molar-refractivity contribution in [3.63, 3.8) is 0 Å². The number of carbonyl (C=O) groups is 1. The van der Waals surface area contributed by atoms with Crippen LogP contribution in [0.2, 0.25) is 0 Å². The van der Waals surface area contributed by atoms with E-state index in [0.717, 1.165) is 0 Å². The Labute approximate surface area is 114 Å². The van der Waals surface area contributed by atoms with Crippen molar-refractivity contribution in [2.45, 2.75) is 25.0 Å². The summed E-state index contributed by atoms with van der Waals surface area (Å²) in [5.74, 6) is -0.338. The van der Waals surface area contributed by atoms with E-state index in [0.29, 0.717) is 23.0 Å². The minimum absolute atomic E-state index is 0.00997. The van der Waals surface area contributed by atoms with E-state index in [4.69, 9.17) is 4.74 Å². The van der Waals surface area contributed by atoms with Gasteiger partial charge >= 0.3 is 0 Å². The van der Waals surface area contributed by atoms with Gasteiger partial charge in [0, 0.05) is 24.5 Å². The molecule has 2 rings (SSSR count). The van der Waals surface area contributed by atoms with E-state index < -0.39 is 0 Å². The van der Waals surface area contributed by atoms with Crippen molar-refractivity contribution in [3.8, 4) is 0 Å². The van der Waals surface area contributed by atoms with Crippen molar-refractivity contribution >= 4 is 21.7 Å². The molecule has 0 bridgehead atoms. The first-order chi connectivity index (χ1) is 8.60. The number of methoxy groups -OCH3 is 1. The minimum Gasteiger partial charge on any atom is -0.380 e. The van der Waals surface area contributed by atoms with Crippen molar-refractivity contribution < 1.29 is 13.9 Å². The number of nitrogens with one attached hydrogen (secondary N) is 1. The zero-order valence-electron chi connectivity index (χ0n) is 10.1. The van der Waals surface area contributed by atoms with E-state index >= 15 is 0 Å². The lowest BCUT2D eigenvalue weighted by molar-refractivity contribution is -0.120. The molecule has 18 heavy (non-hydrogen) atoms. The minimum atomic E-state index is -0.348. The molecule has 1 aliphatic heterocycles. The third-order valence-electron chi connectivity index (χ3n) is 3.19.